The Morgan fingerprint density at radius 2 is 1.96 bits per heavy atom. The molecule has 8 nitrogen and oxygen atoms in total. The van der Waals surface area contributed by atoms with Crippen LogP contribution in [0.4, 0.5) is 11.6 Å². The van der Waals surface area contributed by atoms with Gasteiger partial charge in [0.2, 0.25) is 10.0 Å². The molecule has 0 amide bonds. The summed E-state index contributed by atoms with van der Waals surface area (Å²) in [5, 5.41) is 9.63. The summed E-state index contributed by atoms with van der Waals surface area (Å²) in [7, 11) is -3.18. The molecule has 25 heavy (non-hydrogen) atoms. The van der Waals surface area contributed by atoms with Crippen LogP contribution in [0.25, 0.3) is 11.3 Å². The van der Waals surface area contributed by atoms with E-state index in [4.69, 9.17) is 5.73 Å². The summed E-state index contributed by atoms with van der Waals surface area (Å²) in [4.78, 5) is 10.7. The number of rotatable bonds is 4. The van der Waals surface area contributed by atoms with Gasteiger partial charge < -0.3 is 15.7 Å². The summed E-state index contributed by atoms with van der Waals surface area (Å²) < 4.78 is 25.4. The molecule has 134 valence electrons. The van der Waals surface area contributed by atoms with E-state index in [2.05, 4.69) is 9.97 Å². The van der Waals surface area contributed by atoms with Crippen molar-refractivity contribution < 1.29 is 13.5 Å². The Morgan fingerprint density at radius 1 is 1.24 bits per heavy atom. The van der Waals surface area contributed by atoms with Crippen LogP contribution >= 0.6 is 0 Å². The maximum atomic E-state index is 12.0. The minimum Gasteiger partial charge on any atom is -0.508 e. The van der Waals surface area contributed by atoms with Crippen molar-refractivity contribution in [1.82, 2.24) is 14.3 Å². The maximum absolute atomic E-state index is 12.0. The minimum atomic E-state index is -3.18. The van der Waals surface area contributed by atoms with Crippen molar-refractivity contribution in [3.8, 4) is 17.0 Å². The fraction of sp³-hybridized carbons (Fsp3) is 0.375. The number of benzene rings is 1. The number of hydrogen-bond acceptors (Lipinski definition) is 7. The SMILES string of the molecule is CCS(=O)(=O)N1CCN(c2nc(-c3cccc(O)c3)cnc2N)CC1. The molecular weight excluding hydrogens is 342 g/mol. The smallest absolute Gasteiger partial charge is 0.213 e. The van der Waals surface area contributed by atoms with Gasteiger partial charge in [-0.2, -0.15) is 4.31 Å². The molecule has 1 aromatic carbocycles. The molecule has 0 bridgehead atoms. The summed E-state index contributed by atoms with van der Waals surface area (Å²) >= 11 is 0. The zero-order valence-corrected chi connectivity index (χ0v) is 14.8. The van der Waals surface area contributed by atoms with Gasteiger partial charge in [0.05, 0.1) is 17.6 Å². The Labute approximate surface area is 147 Å². The molecule has 0 saturated carbocycles. The predicted octanol–water partition coefficient (Wildman–Crippen LogP) is 0.903. The molecule has 1 aromatic heterocycles. The highest BCUT2D eigenvalue weighted by Gasteiger charge is 2.27. The second-order valence-electron chi connectivity index (χ2n) is 5.80. The summed E-state index contributed by atoms with van der Waals surface area (Å²) in [5.74, 6) is 1.09. The first-order valence-corrected chi connectivity index (χ1v) is 9.66. The van der Waals surface area contributed by atoms with E-state index in [0.717, 1.165) is 5.56 Å². The van der Waals surface area contributed by atoms with Crippen molar-refractivity contribution in [2.24, 2.45) is 0 Å². The number of aromatic nitrogens is 2. The van der Waals surface area contributed by atoms with Crippen molar-refractivity contribution in [3.05, 3.63) is 30.5 Å². The number of aromatic hydroxyl groups is 1. The largest absolute Gasteiger partial charge is 0.508 e. The molecule has 1 saturated heterocycles. The first-order valence-electron chi connectivity index (χ1n) is 8.05. The Bertz CT molecular complexity index is 864. The van der Waals surface area contributed by atoms with Crippen LogP contribution in [0.3, 0.4) is 0 Å². The van der Waals surface area contributed by atoms with E-state index in [1.807, 2.05) is 11.0 Å². The predicted molar refractivity (Wildman–Crippen MR) is 96.8 cm³/mol. The van der Waals surface area contributed by atoms with Crippen LogP contribution in [0.1, 0.15) is 6.92 Å². The lowest BCUT2D eigenvalue weighted by Crippen LogP contribution is -2.49. The van der Waals surface area contributed by atoms with E-state index < -0.39 is 10.0 Å². The van der Waals surface area contributed by atoms with Gasteiger partial charge in [-0.15, -0.1) is 0 Å². The highest BCUT2D eigenvalue weighted by Crippen LogP contribution is 2.26. The lowest BCUT2D eigenvalue weighted by molar-refractivity contribution is 0.384. The number of nitrogens with zero attached hydrogens (tertiary/aromatic N) is 4. The second kappa shape index (κ2) is 6.85. The zero-order chi connectivity index (χ0) is 18.0. The minimum absolute atomic E-state index is 0.0991. The van der Waals surface area contributed by atoms with E-state index in [1.165, 1.54) is 4.31 Å². The van der Waals surface area contributed by atoms with Crippen molar-refractivity contribution in [1.29, 1.82) is 0 Å². The normalized spacial score (nSPS) is 16.1. The average molecular weight is 363 g/mol. The fourth-order valence-electron chi connectivity index (χ4n) is 2.79. The van der Waals surface area contributed by atoms with Crippen LogP contribution in [0.2, 0.25) is 0 Å². The topological polar surface area (TPSA) is 113 Å². The number of nitrogens with two attached hydrogens (primary N) is 1. The molecule has 0 atom stereocenters. The van der Waals surface area contributed by atoms with Gasteiger partial charge in [0.25, 0.3) is 0 Å². The molecule has 1 fully saturated rings. The Morgan fingerprint density at radius 3 is 2.60 bits per heavy atom. The van der Waals surface area contributed by atoms with Crippen molar-refractivity contribution >= 4 is 21.7 Å². The van der Waals surface area contributed by atoms with Gasteiger partial charge in [0.1, 0.15) is 5.75 Å². The molecule has 0 spiro atoms. The molecule has 0 unspecified atom stereocenters. The Hall–Kier alpha value is -2.39. The maximum Gasteiger partial charge on any atom is 0.213 e. The molecule has 2 aromatic rings. The van der Waals surface area contributed by atoms with Crippen LogP contribution in [-0.4, -0.2) is 59.7 Å². The van der Waals surface area contributed by atoms with Gasteiger partial charge in [-0.1, -0.05) is 12.1 Å². The quantitative estimate of drug-likeness (QED) is 0.830. The van der Waals surface area contributed by atoms with Gasteiger partial charge in [-0.05, 0) is 19.1 Å². The standard InChI is InChI=1S/C16H21N5O3S/c1-2-25(23,24)21-8-6-20(7-9-21)16-15(17)18-11-14(19-16)12-4-3-5-13(22)10-12/h3-5,10-11,22H,2,6-9H2,1H3,(H2,17,18). The third-order valence-corrected chi connectivity index (χ3v) is 6.10. The van der Waals surface area contributed by atoms with Crippen molar-refractivity contribution in [3.63, 3.8) is 0 Å². The first-order chi connectivity index (χ1) is 11.9. The number of sulfonamides is 1. The third kappa shape index (κ3) is 3.67. The van der Waals surface area contributed by atoms with E-state index in [0.29, 0.717) is 43.5 Å². The lowest BCUT2D eigenvalue weighted by Gasteiger charge is -2.34. The molecule has 2 heterocycles. The van der Waals surface area contributed by atoms with E-state index >= 15 is 0 Å². The number of anilines is 2. The van der Waals surface area contributed by atoms with Crippen molar-refractivity contribution in [2.45, 2.75) is 6.92 Å². The number of phenols is 1. The third-order valence-electron chi connectivity index (χ3n) is 4.22. The van der Waals surface area contributed by atoms with E-state index in [1.54, 1.807) is 31.3 Å². The number of hydrogen-bond donors (Lipinski definition) is 2. The summed E-state index contributed by atoms with van der Waals surface area (Å²) in [6.07, 6.45) is 1.56. The van der Waals surface area contributed by atoms with Crippen LogP contribution < -0.4 is 10.6 Å². The van der Waals surface area contributed by atoms with Crippen LogP contribution in [0.5, 0.6) is 5.75 Å². The van der Waals surface area contributed by atoms with Crippen LogP contribution in [0.15, 0.2) is 30.5 Å². The molecular formula is C16H21N5O3S. The van der Waals surface area contributed by atoms with Crippen LogP contribution in [-0.2, 0) is 10.0 Å². The second-order valence-corrected chi connectivity index (χ2v) is 8.06. The van der Waals surface area contributed by atoms with E-state index in [9.17, 15) is 13.5 Å². The average Bonchev–Trinajstić information content (AvgIpc) is 2.62. The Kier molecular flexibility index (Phi) is 4.78. The van der Waals surface area contributed by atoms with Gasteiger partial charge in [-0.3, -0.25) is 0 Å². The number of nitrogen functional groups attached to an aromatic ring is 1. The molecule has 0 radical (unpaired) electrons. The summed E-state index contributed by atoms with van der Waals surface area (Å²) in [6.45, 7) is 3.44. The van der Waals surface area contributed by atoms with Gasteiger partial charge in [-0.25, -0.2) is 18.4 Å². The zero-order valence-electron chi connectivity index (χ0n) is 14.0. The molecule has 1 aliphatic heterocycles. The summed E-state index contributed by atoms with van der Waals surface area (Å²) in [6, 6.07) is 6.75. The highest BCUT2D eigenvalue weighted by molar-refractivity contribution is 7.89. The molecule has 3 N–H and O–H groups in total. The molecule has 1 aliphatic rings. The lowest BCUT2D eigenvalue weighted by atomic mass is 10.1. The summed E-state index contributed by atoms with van der Waals surface area (Å²) in [5.41, 5.74) is 7.32. The first kappa shape index (κ1) is 17.4. The van der Waals surface area contributed by atoms with Gasteiger partial charge >= 0.3 is 0 Å². The number of phenolic OH excluding ortho intramolecular Hbond substituents is 1. The van der Waals surface area contributed by atoms with E-state index in [-0.39, 0.29) is 11.5 Å². The van der Waals surface area contributed by atoms with Gasteiger partial charge in [0.15, 0.2) is 11.6 Å². The van der Waals surface area contributed by atoms with Crippen molar-refractivity contribution in [2.75, 3.05) is 42.6 Å². The number of piperazine rings is 1. The highest BCUT2D eigenvalue weighted by atomic mass is 32.2. The monoisotopic (exact) mass is 363 g/mol. The molecule has 3 rings (SSSR count). The Balaban J connectivity index is 1.83. The molecule has 0 aliphatic carbocycles. The fourth-order valence-corrected chi connectivity index (χ4v) is 3.87. The van der Waals surface area contributed by atoms with Gasteiger partial charge in [0, 0.05) is 31.7 Å². The molecule has 9 heteroatoms. The van der Waals surface area contributed by atoms with Crippen LogP contribution in [0, 0.1) is 0 Å².